The standard InChI is InChI=1S/C12H14N6OS/c1-7(11-17-14-6-18(11)2)13-5-9-15-8-3-4-20-10(8)12(19)16-9/h3-4,6-7,13H,5H2,1-2H3,(H,15,16,19). The van der Waals surface area contributed by atoms with Gasteiger partial charge in [-0.25, -0.2) is 4.98 Å². The smallest absolute Gasteiger partial charge is 0.268 e. The predicted molar refractivity (Wildman–Crippen MR) is 76.5 cm³/mol. The van der Waals surface area contributed by atoms with Crippen molar-refractivity contribution < 1.29 is 0 Å². The summed E-state index contributed by atoms with van der Waals surface area (Å²) in [6.45, 7) is 2.46. The van der Waals surface area contributed by atoms with E-state index in [0.29, 0.717) is 17.1 Å². The first-order valence-corrected chi connectivity index (χ1v) is 7.07. The molecule has 0 aliphatic heterocycles. The van der Waals surface area contributed by atoms with Crippen LogP contribution in [0.1, 0.15) is 24.6 Å². The van der Waals surface area contributed by atoms with Crippen molar-refractivity contribution in [3.05, 3.63) is 39.8 Å². The molecule has 3 aromatic rings. The van der Waals surface area contributed by atoms with Crippen LogP contribution in [0, 0.1) is 0 Å². The van der Waals surface area contributed by atoms with Crippen LogP contribution in [-0.4, -0.2) is 24.7 Å². The lowest BCUT2D eigenvalue weighted by molar-refractivity contribution is 0.518. The maximum absolute atomic E-state index is 11.8. The van der Waals surface area contributed by atoms with Gasteiger partial charge in [0.1, 0.15) is 22.7 Å². The van der Waals surface area contributed by atoms with Crippen molar-refractivity contribution in [1.82, 2.24) is 30.0 Å². The fourth-order valence-corrected chi connectivity index (χ4v) is 2.76. The van der Waals surface area contributed by atoms with Crippen molar-refractivity contribution >= 4 is 21.6 Å². The van der Waals surface area contributed by atoms with Gasteiger partial charge in [0, 0.05) is 7.05 Å². The van der Waals surface area contributed by atoms with Crippen LogP contribution >= 0.6 is 11.3 Å². The molecule has 0 aliphatic rings. The summed E-state index contributed by atoms with van der Waals surface area (Å²) < 4.78 is 2.52. The summed E-state index contributed by atoms with van der Waals surface area (Å²) >= 11 is 1.40. The van der Waals surface area contributed by atoms with Gasteiger partial charge in [0.2, 0.25) is 0 Å². The third kappa shape index (κ3) is 2.35. The van der Waals surface area contributed by atoms with Gasteiger partial charge in [0.05, 0.1) is 18.1 Å². The molecule has 3 heterocycles. The minimum Gasteiger partial charge on any atom is -0.319 e. The monoisotopic (exact) mass is 290 g/mol. The van der Waals surface area contributed by atoms with Crippen LogP contribution in [-0.2, 0) is 13.6 Å². The first kappa shape index (κ1) is 12.9. The zero-order chi connectivity index (χ0) is 14.1. The molecule has 0 radical (unpaired) electrons. The number of aromatic nitrogens is 5. The average molecular weight is 290 g/mol. The van der Waals surface area contributed by atoms with Crippen LogP contribution in [0.2, 0.25) is 0 Å². The van der Waals surface area contributed by atoms with Crippen molar-refractivity contribution in [3.8, 4) is 0 Å². The van der Waals surface area contributed by atoms with Gasteiger partial charge < -0.3 is 14.9 Å². The molecule has 0 fully saturated rings. The maximum atomic E-state index is 11.8. The van der Waals surface area contributed by atoms with E-state index in [1.54, 1.807) is 6.33 Å². The SMILES string of the molecule is CC(NCc1nc2ccsc2c(=O)[nH]1)c1nncn1C. The largest absolute Gasteiger partial charge is 0.319 e. The maximum Gasteiger partial charge on any atom is 0.268 e. The fraction of sp³-hybridized carbons (Fsp3) is 0.333. The van der Waals surface area contributed by atoms with Gasteiger partial charge in [-0.3, -0.25) is 4.79 Å². The average Bonchev–Trinajstić information content (AvgIpc) is 3.04. The fourth-order valence-electron chi connectivity index (χ4n) is 2.03. The Hall–Kier alpha value is -2.06. The molecule has 104 valence electrons. The molecule has 2 N–H and O–H groups in total. The highest BCUT2D eigenvalue weighted by atomic mass is 32.1. The molecular formula is C12H14N6OS. The van der Waals surface area contributed by atoms with Crippen molar-refractivity contribution in [2.45, 2.75) is 19.5 Å². The van der Waals surface area contributed by atoms with Gasteiger partial charge in [-0.15, -0.1) is 21.5 Å². The number of fused-ring (bicyclic) bond motifs is 1. The number of nitrogens with one attached hydrogen (secondary N) is 2. The van der Waals surface area contributed by atoms with Crippen LogP contribution < -0.4 is 10.9 Å². The zero-order valence-corrected chi connectivity index (χ0v) is 11.9. The summed E-state index contributed by atoms with van der Waals surface area (Å²) in [7, 11) is 1.89. The van der Waals surface area contributed by atoms with Crippen LogP contribution in [0.4, 0.5) is 0 Å². The number of hydrogen-bond acceptors (Lipinski definition) is 6. The number of aromatic amines is 1. The number of H-pyrrole nitrogens is 1. The minimum atomic E-state index is -0.0897. The predicted octanol–water partition coefficient (Wildman–Crippen LogP) is 0.964. The highest BCUT2D eigenvalue weighted by Gasteiger charge is 2.12. The van der Waals surface area contributed by atoms with Crippen molar-refractivity contribution in [3.63, 3.8) is 0 Å². The molecule has 1 atom stereocenters. The molecule has 0 saturated carbocycles. The van der Waals surface area contributed by atoms with E-state index in [0.717, 1.165) is 11.3 Å². The van der Waals surface area contributed by atoms with Crippen LogP contribution in [0.3, 0.4) is 0 Å². The summed E-state index contributed by atoms with van der Waals surface area (Å²) in [5.74, 6) is 1.46. The van der Waals surface area contributed by atoms with Gasteiger partial charge in [0.15, 0.2) is 0 Å². The summed E-state index contributed by atoms with van der Waals surface area (Å²) in [6, 6.07) is 1.87. The van der Waals surface area contributed by atoms with E-state index in [-0.39, 0.29) is 11.6 Å². The lowest BCUT2D eigenvalue weighted by Crippen LogP contribution is -2.23. The second kappa shape index (κ2) is 5.14. The Morgan fingerprint density at radius 1 is 1.55 bits per heavy atom. The minimum absolute atomic E-state index is 0.0194. The molecule has 0 spiro atoms. The molecule has 0 aliphatic carbocycles. The Balaban J connectivity index is 1.77. The molecule has 0 amide bonds. The van der Waals surface area contributed by atoms with E-state index in [1.807, 2.05) is 30.0 Å². The molecule has 3 aromatic heterocycles. The van der Waals surface area contributed by atoms with Crippen LogP contribution in [0.25, 0.3) is 10.2 Å². The van der Waals surface area contributed by atoms with E-state index >= 15 is 0 Å². The van der Waals surface area contributed by atoms with E-state index in [1.165, 1.54) is 11.3 Å². The molecule has 20 heavy (non-hydrogen) atoms. The summed E-state index contributed by atoms with van der Waals surface area (Å²) in [5, 5.41) is 13.0. The van der Waals surface area contributed by atoms with E-state index in [9.17, 15) is 4.79 Å². The van der Waals surface area contributed by atoms with Gasteiger partial charge in [-0.05, 0) is 18.4 Å². The third-order valence-electron chi connectivity index (χ3n) is 3.07. The zero-order valence-electron chi connectivity index (χ0n) is 11.1. The lowest BCUT2D eigenvalue weighted by Gasteiger charge is -2.12. The number of aryl methyl sites for hydroxylation is 1. The Morgan fingerprint density at radius 2 is 2.40 bits per heavy atom. The summed E-state index contributed by atoms with van der Waals surface area (Å²) in [4.78, 5) is 19.1. The molecule has 7 nitrogen and oxygen atoms in total. The molecule has 0 bridgehead atoms. The Kier molecular flexibility index (Phi) is 3.33. The van der Waals surface area contributed by atoms with E-state index < -0.39 is 0 Å². The topological polar surface area (TPSA) is 88.5 Å². The second-order valence-corrected chi connectivity index (χ2v) is 5.47. The lowest BCUT2D eigenvalue weighted by atomic mass is 10.3. The number of nitrogens with zero attached hydrogens (tertiary/aromatic N) is 4. The Morgan fingerprint density at radius 3 is 3.15 bits per heavy atom. The highest BCUT2D eigenvalue weighted by Crippen LogP contribution is 2.14. The molecular weight excluding hydrogens is 276 g/mol. The van der Waals surface area contributed by atoms with Gasteiger partial charge >= 0.3 is 0 Å². The highest BCUT2D eigenvalue weighted by molar-refractivity contribution is 7.17. The first-order valence-electron chi connectivity index (χ1n) is 6.19. The number of thiophene rings is 1. The van der Waals surface area contributed by atoms with Crippen molar-refractivity contribution in [2.75, 3.05) is 0 Å². The normalized spacial score (nSPS) is 12.9. The first-order chi connectivity index (χ1) is 9.65. The molecule has 0 saturated heterocycles. The third-order valence-corrected chi connectivity index (χ3v) is 3.98. The summed E-state index contributed by atoms with van der Waals surface area (Å²) in [5.41, 5.74) is 0.648. The van der Waals surface area contributed by atoms with Crippen LogP contribution in [0.15, 0.2) is 22.6 Å². The Labute approximate surface area is 118 Å². The quantitative estimate of drug-likeness (QED) is 0.747. The molecule has 1 unspecified atom stereocenters. The Bertz CT molecular complexity index is 788. The van der Waals surface area contributed by atoms with E-state index in [2.05, 4.69) is 25.5 Å². The van der Waals surface area contributed by atoms with Crippen LogP contribution in [0.5, 0.6) is 0 Å². The summed E-state index contributed by atoms with van der Waals surface area (Å²) in [6.07, 6.45) is 1.66. The number of rotatable bonds is 4. The van der Waals surface area contributed by atoms with Gasteiger partial charge in [0.25, 0.3) is 5.56 Å². The molecule has 0 aromatic carbocycles. The van der Waals surface area contributed by atoms with Crippen molar-refractivity contribution in [1.29, 1.82) is 0 Å². The van der Waals surface area contributed by atoms with E-state index in [4.69, 9.17) is 0 Å². The molecule has 3 rings (SSSR count). The van der Waals surface area contributed by atoms with Gasteiger partial charge in [-0.1, -0.05) is 0 Å². The number of hydrogen-bond donors (Lipinski definition) is 2. The second-order valence-electron chi connectivity index (χ2n) is 4.55. The van der Waals surface area contributed by atoms with Gasteiger partial charge in [-0.2, -0.15) is 0 Å². The van der Waals surface area contributed by atoms with Crippen molar-refractivity contribution in [2.24, 2.45) is 7.05 Å². The molecule has 8 heteroatoms.